The first-order valence-corrected chi connectivity index (χ1v) is 5.60. The smallest absolute Gasteiger partial charge is 0.158 e. The van der Waals surface area contributed by atoms with Crippen LogP contribution in [0.3, 0.4) is 0 Å². The van der Waals surface area contributed by atoms with Crippen molar-refractivity contribution in [2.45, 2.75) is 32.7 Å². The van der Waals surface area contributed by atoms with Crippen LogP contribution in [0, 0.1) is 0 Å². The quantitative estimate of drug-likeness (QED) is 0.840. The predicted molar refractivity (Wildman–Crippen MR) is 65.2 cm³/mol. The van der Waals surface area contributed by atoms with E-state index in [1.807, 2.05) is 24.7 Å². The van der Waals surface area contributed by atoms with Crippen molar-refractivity contribution in [1.29, 1.82) is 0 Å². The van der Waals surface area contributed by atoms with Crippen LogP contribution in [0.15, 0.2) is 12.1 Å². The molecule has 2 heterocycles. The Kier molecular flexibility index (Phi) is 2.68. The van der Waals surface area contributed by atoms with Gasteiger partial charge in [0.2, 0.25) is 0 Å². The molecule has 16 heavy (non-hydrogen) atoms. The van der Waals surface area contributed by atoms with Gasteiger partial charge in [-0.1, -0.05) is 13.8 Å². The van der Waals surface area contributed by atoms with Gasteiger partial charge in [-0.2, -0.15) is 5.10 Å². The molecule has 0 aromatic carbocycles. The zero-order valence-corrected chi connectivity index (χ0v) is 10.2. The van der Waals surface area contributed by atoms with Gasteiger partial charge < -0.3 is 5.73 Å². The molecule has 0 aliphatic carbocycles. The number of nitrogens with two attached hydrogens (primary N) is 1. The Bertz CT molecular complexity index is 511. The van der Waals surface area contributed by atoms with Gasteiger partial charge in [-0.25, -0.2) is 4.98 Å². The molecule has 2 aromatic rings. The number of rotatable bonds is 2. The van der Waals surface area contributed by atoms with Crippen LogP contribution >= 0.6 is 0 Å². The third kappa shape index (κ3) is 1.69. The van der Waals surface area contributed by atoms with Crippen molar-refractivity contribution in [3.8, 4) is 0 Å². The van der Waals surface area contributed by atoms with E-state index in [9.17, 15) is 0 Å². The SMILES string of the molecule is CC(C)c1nn(C)c2nc(C(C)N)ccc12. The highest BCUT2D eigenvalue weighted by atomic mass is 15.3. The van der Waals surface area contributed by atoms with Gasteiger partial charge in [0.05, 0.1) is 11.4 Å². The number of aromatic nitrogens is 3. The molecule has 2 aromatic heterocycles. The fraction of sp³-hybridized carbons (Fsp3) is 0.500. The minimum absolute atomic E-state index is 0.0400. The second kappa shape index (κ2) is 3.87. The van der Waals surface area contributed by atoms with Crippen LogP contribution in [0.1, 0.15) is 44.1 Å². The minimum Gasteiger partial charge on any atom is -0.323 e. The molecular weight excluding hydrogens is 200 g/mol. The van der Waals surface area contributed by atoms with Crippen molar-refractivity contribution in [2.24, 2.45) is 12.8 Å². The number of hydrogen-bond acceptors (Lipinski definition) is 3. The van der Waals surface area contributed by atoms with E-state index < -0.39 is 0 Å². The van der Waals surface area contributed by atoms with Gasteiger partial charge in [-0.05, 0) is 25.0 Å². The van der Waals surface area contributed by atoms with Crippen LogP contribution in [0.4, 0.5) is 0 Å². The molecule has 0 aliphatic rings. The van der Waals surface area contributed by atoms with E-state index in [0.29, 0.717) is 5.92 Å². The first kappa shape index (κ1) is 11.1. The van der Waals surface area contributed by atoms with Gasteiger partial charge in [0, 0.05) is 18.5 Å². The van der Waals surface area contributed by atoms with Gasteiger partial charge in [0.25, 0.3) is 0 Å². The van der Waals surface area contributed by atoms with Crippen LogP contribution in [0.2, 0.25) is 0 Å². The molecule has 0 spiro atoms. The summed E-state index contributed by atoms with van der Waals surface area (Å²) in [4.78, 5) is 4.55. The van der Waals surface area contributed by atoms with Crippen molar-refractivity contribution >= 4 is 11.0 Å². The standard InChI is InChI=1S/C12H18N4/c1-7(2)11-9-5-6-10(8(3)13)14-12(9)16(4)15-11/h5-8H,13H2,1-4H3. The lowest BCUT2D eigenvalue weighted by Crippen LogP contribution is -2.07. The summed E-state index contributed by atoms with van der Waals surface area (Å²) in [5.74, 6) is 0.409. The Hall–Kier alpha value is -1.42. The third-order valence-corrected chi connectivity index (χ3v) is 2.75. The lowest BCUT2D eigenvalue weighted by molar-refractivity contribution is 0.719. The lowest BCUT2D eigenvalue weighted by atomic mass is 10.1. The largest absolute Gasteiger partial charge is 0.323 e. The zero-order chi connectivity index (χ0) is 11.9. The van der Waals surface area contributed by atoms with Crippen LogP contribution in [0.5, 0.6) is 0 Å². The first-order chi connectivity index (χ1) is 7.50. The maximum Gasteiger partial charge on any atom is 0.158 e. The van der Waals surface area contributed by atoms with Crippen LogP contribution < -0.4 is 5.73 Å². The van der Waals surface area contributed by atoms with E-state index in [0.717, 1.165) is 22.4 Å². The van der Waals surface area contributed by atoms with Crippen molar-refractivity contribution in [1.82, 2.24) is 14.8 Å². The Labute approximate surface area is 95.5 Å². The van der Waals surface area contributed by atoms with E-state index in [2.05, 4.69) is 30.0 Å². The van der Waals surface area contributed by atoms with Gasteiger partial charge >= 0.3 is 0 Å². The highest BCUT2D eigenvalue weighted by Crippen LogP contribution is 2.24. The average Bonchev–Trinajstić information content (AvgIpc) is 2.56. The van der Waals surface area contributed by atoms with Crippen LogP contribution in [0.25, 0.3) is 11.0 Å². The predicted octanol–water partition coefficient (Wildman–Crippen LogP) is 2.11. The maximum atomic E-state index is 5.83. The average molecular weight is 218 g/mol. The topological polar surface area (TPSA) is 56.7 Å². The summed E-state index contributed by atoms with van der Waals surface area (Å²) in [5, 5.41) is 5.63. The van der Waals surface area contributed by atoms with E-state index in [1.165, 1.54) is 0 Å². The Balaban J connectivity index is 2.67. The summed E-state index contributed by atoms with van der Waals surface area (Å²) in [5.41, 5.74) is 8.75. The van der Waals surface area contributed by atoms with Crippen LogP contribution in [-0.2, 0) is 7.05 Å². The fourth-order valence-electron chi connectivity index (χ4n) is 1.85. The van der Waals surface area contributed by atoms with Crippen LogP contribution in [-0.4, -0.2) is 14.8 Å². The molecule has 2 N–H and O–H groups in total. The number of nitrogens with zero attached hydrogens (tertiary/aromatic N) is 3. The van der Waals surface area contributed by atoms with Gasteiger partial charge in [0.1, 0.15) is 0 Å². The Morgan fingerprint density at radius 2 is 1.94 bits per heavy atom. The van der Waals surface area contributed by atoms with Gasteiger partial charge in [0.15, 0.2) is 5.65 Å². The summed E-state index contributed by atoms with van der Waals surface area (Å²) in [6.45, 7) is 6.22. The van der Waals surface area contributed by atoms with Gasteiger partial charge in [-0.15, -0.1) is 0 Å². The first-order valence-electron chi connectivity index (χ1n) is 5.60. The molecule has 4 nitrogen and oxygen atoms in total. The normalized spacial score (nSPS) is 13.6. The molecule has 1 unspecified atom stereocenters. The third-order valence-electron chi connectivity index (χ3n) is 2.75. The second-order valence-corrected chi connectivity index (χ2v) is 4.56. The number of aryl methyl sites for hydroxylation is 1. The molecule has 1 atom stereocenters. The van der Waals surface area contributed by atoms with E-state index >= 15 is 0 Å². The molecule has 0 saturated carbocycles. The Morgan fingerprint density at radius 1 is 1.25 bits per heavy atom. The molecule has 0 aliphatic heterocycles. The maximum absolute atomic E-state index is 5.83. The highest BCUT2D eigenvalue weighted by molar-refractivity contribution is 5.79. The minimum atomic E-state index is -0.0400. The molecule has 86 valence electrons. The molecule has 4 heteroatoms. The summed E-state index contributed by atoms with van der Waals surface area (Å²) in [7, 11) is 1.92. The van der Waals surface area contributed by atoms with E-state index in [-0.39, 0.29) is 6.04 Å². The Morgan fingerprint density at radius 3 is 2.50 bits per heavy atom. The number of pyridine rings is 1. The van der Waals surface area contributed by atoms with E-state index in [4.69, 9.17) is 5.73 Å². The van der Waals surface area contributed by atoms with Crippen molar-refractivity contribution in [2.75, 3.05) is 0 Å². The van der Waals surface area contributed by atoms with Crippen molar-refractivity contribution in [3.05, 3.63) is 23.5 Å². The van der Waals surface area contributed by atoms with E-state index in [1.54, 1.807) is 0 Å². The summed E-state index contributed by atoms with van der Waals surface area (Å²) < 4.78 is 1.83. The molecule has 0 fully saturated rings. The molecule has 2 rings (SSSR count). The zero-order valence-electron chi connectivity index (χ0n) is 10.2. The molecule has 0 amide bonds. The monoisotopic (exact) mass is 218 g/mol. The van der Waals surface area contributed by atoms with Crippen molar-refractivity contribution in [3.63, 3.8) is 0 Å². The fourth-order valence-corrected chi connectivity index (χ4v) is 1.85. The van der Waals surface area contributed by atoms with Gasteiger partial charge in [-0.3, -0.25) is 4.68 Å². The molecule has 0 saturated heterocycles. The molecule has 0 radical (unpaired) electrons. The molecular formula is C12H18N4. The number of hydrogen-bond donors (Lipinski definition) is 1. The lowest BCUT2D eigenvalue weighted by Gasteiger charge is -2.04. The molecule has 0 bridgehead atoms. The highest BCUT2D eigenvalue weighted by Gasteiger charge is 2.13. The second-order valence-electron chi connectivity index (χ2n) is 4.56. The van der Waals surface area contributed by atoms with Crippen molar-refractivity contribution < 1.29 is 0 Å². The summed E-state index contributed by atoms with van der Waals surface area (Å²) in [6.07, 6.45) is 0. The summed E-state index contributed by atoms with van der Waals surface area (Å²) in [6, 6.07) is 4.02. The summed E-state index contributed by atoms with van der Waals surface area (Å²) >= 11 is 0. The number of fused-ring (bicyclic) bond motifs is 1.